The smallest absolute Gasteiger partial charge is 0.172 e. The van der Waals surface area contributed by atoms with Crippen molar-refractivity contribution in [2.45, 2.75) is 90.6 Å². The first-order valence-electron chi connectivity index (χ1n) is 18.1. The summed E-state index contributed by atoms with van der Waals surface area (Å²) in [5, 5.41) is 29.1. The van der Waals surface area contributed by atoms with Crippen LogP contribution in [-0.4, -0.2) is 29.9 Å². The third-order valence-corrected chi connectivity index (χ3v) is 11.2. The van der Waals surface area contributed by atoms with Crippen molar-refractivity contribution in [1.29, 1.82) is 15.8 Å². The Morgan fingerprint density at radius 2 is 1.52 bits per heavy atom. The Morgan fingerprint density at radius 1 is 0.885 bits per heavy atom. The lowest BCUT2D eigenvalue weighted by Gasteiger charge is -2.49. The van der Waals surface area contributed by atoms with E-state index in [1.807, 2.05) is 50.3 Å². The van der Waals surface area contributed by atoms with Crippen LogP contribution in [0.25, 0.3) is 23.9 Å². The van der Waals surface area contributed by atoms with Gasteiger partial charge in [-0.1, -0.05) is 63.0 Å². The minimum absolute atomic E-state index is 0.0274. The fourth-order valence-corrected chi connectivity index (χ4v) is 7.88. The minimum Gasteiger partial charge on any atom is -0.493 e. The Balaban J connectivity index is 1.51. The normalized spacial score (nSPS) is 18.2. The summed E-state index contributed by atoms with van der Waals surface area (Å²) in [6, 6.07) is 20.6. The molecule has 0 saturated heterocycles. The summed E-state index contributed by atoms with van der Waals surface area (Å²) >= 11 is 3.59. The first-order valence-corrected chi connectivity index (χ1v) is 18.9. The fourth-order valence-electron chi connectivity index (χ4n) is 7.61. The summed E-state index contributed by atoms with van der Waals surface area (Å²) in [4.78, 5) is 2.59. The van der Waals surface area contributed by atoms with Crippen molar-refractivity contribution in [2.24, 2.45) is 0 Å². The molecule has 0 N–H and O–H groups in total. The third kappa shape index (κ3) is 6.71. The first-order chi connectivity index (χ1) is 24.8. The molecule has 0 atom stereocenters. The van der Waals surface area contributed by atoms with Crippen LogP contribution in [0.5, 0.6) is 5.75 Å². The van der Waals surface area contributed by atoms with E-state index in [1.54, 1.807) is 0 Å². The Labute approximate surface area is 316 Å². The third-order valence-electron chi connectivity index (χ3n) is 10.7. The molecule has 52 heavy (non-hydrogen) atoms. The van der Waals surface area contributed by atoms with E-state index in [4.69, 9.17) is 9.47 Å². The summed E-state index contributed by atoms with van der Waals surface area (Å²) in [7, 11) is 0. The van der Waals surface area contributed by atoms with E-state index in [-0.39, 0.29) is 27.7 Å². The van der Waals surface area contributed by atoms with Crippen LogP contribution in [-0.2, 0) is 15.6 Å². The van der Waals surface area contributed by atoms with Crippen molar-refractivity contribution < 1.29 is 9.47 Å². The maximum Gasteiger partial charge on any atom is 0.172 e. The van der Waals surface area contributed by atoms with Crippen LogP contribution >= 0.6 is 15.9 Å². The molecule has 3 aliphatic heterocycles. The monoisotopic (exact) mass is 755 g/mol. The number of hydrogen-bond acceptors (Lipinski definition) is 6. The zero-order valence-electron chi connectivity index (χ0n) is 31.2. The number of benzene rings is 2. The van der Waals surface area contributed by atoms with Crippen LogP contribution in [0.1, 0.15) is 102 Å². The molecule has 266 valence electrons. The Bertz CT molecular complexity index is 2140. The van der Waals surface area contributed by atoms with Crippen LogP contribution in [0.4, 0.5) is 5.69 Å². The molecule has 2 aromatic carbocycles. The maximum absolute atomic E-state index is 10.1. The number of nitrogens with zero attached hydrogens (tertiary/aromatic N) is 5. The van der Waals surface area contributed by atoms with Gasteiger partial charge in [0, 0.05) is 57.0 Å². The topological polar surface area (TPSA) is 98.0 Å². The molecule has 0 amide bonds. The van der Waals surface area contributed by atoms with Gasteiger partial charge in [0.25, 0.3) is 0 Å². The number of ether oxygens (including phenoxy) is 2. The summed E-state index contributed by atoms with van der Waals surface area (Å²) in [6.07, 6.45) is 12.4. The molecule has 7 nitrogen and oxygen atoms in total. The van der Waals surface area contributed by atoms with Crippen molar-refractivity contribution in [1.82, 2.24) is 4.57 Å². The molecule has 3 aliphatic rings. The van der Waals surface area contributed by atoms with Gasteiger partial charge >= 0.3 is 0 Å². The average Bonchev–Trinajstić information content (AvgIpc) is 3.62. The van der Waals surface area contributed by atoms with Crippen molar-refractivity contribution in [2.75, 3.05) is 24.6 Å². The summed E-state index contributed by atoms with van der Waals surface area (Å²) in [6.45, 7) is 18.1. The molecule has 0 spiro atoms. The lowest BCUT2D eigenvalue weighted by atomic mass is 9.68. The van der Waals surface area contributed by atoms with Crippen molar-refractivity contribution >= 4 is 39.8 Å². The predicted molar refractivity (Wildman–Crippen MR) is 212 cm³/mol. The molecule has 4 heterocycles. The van der Waals surface area contributed by atoms with Gasteiger partial charge in [0.2, 0.25) is 0 Å². The van der Waals surface area contributed by atoms with Gasteiger partial charge in [-0.15, -0.1) is 0 Å². The molecule has 3 aromatic rings. The summed E-state index contributed by atoms with van der Waals surface area (Å²) in [5.41, 5.74) is 7.71. The van der Waals surface area contributed by atoms with E-state index in [2.05, 4.69) is 109 Å². The van der Waals surface area contributed by atoms with E-state index in [0.29, 0.717) is 12.2 Å². The predicted octanol–water partition coefficient (Wildman–Crippen LogP) is 10.7. The molecule has 6 rings (SSSR count). The SMILES string of the molecule is CCCCOc1c(/C=C/c2ccc(/C=C/C3=C(C#N)C(=C(C#N)C#N)OC3(C)C)n2-c2ccc(Br)cc2)cc2c3c1C(C)(C)CCN3CCC2(C)C. The first kappa shape index (κ1) is 36.8. The van der Waals surface area contributed by atoms with Gasteiger partial charge in [0.1, 0.15) is 35.1 Å². The van der Waals surface area contributed by atoms with Crippen molar-refractivity contribution in [3.05, 3.63) is 104 Å². The van der Waals surface area contributed by atoms with Gasteiger partial charge in [0.05, 0.1) is 6.61 Å². The highest BCUT2D eigenvalue weighted by molar-refractivity contribution is 9.10. The molecule has 0 fully saturated rings. The molecule has 0 saturated carbocycles. The van der Waals surface area contributed by atoms with Crippen LogP contribution in [0, 0.1) is 34.0 Å². The standard InChI is InChI=1S/C44H46BrN5O2/c1-8-9-24-51-41-29(25-37-39-38(41)43(4,5)21-23-49(39)22-20-42(37,2)3)10-13-32-16-17-34(50(32)33-14-11-31(45)12-15-33)18-19-36-35(28-48)40(30(26-46)27-47)52-44(36,6)7/h10-19,25H,8-9,20-24H2,1-7H3/b13-10+,19-18+. The molecular weight excluding hydrogens is 710 g/mol. The Morgan fingerprint density at radius 3 is 2.13 bits per heavy atom. The average molecular weight is 757 g/mol. The number of aromatic nitrogens is 1. The fraction of sp³-hybridized carbons (Fsp3) is 0.386. The van der Waals surface area contributed by atoms with E-state index < -0.39 is 5.60 Å². The second kappa shape index (κ2) is 14.2. The van der Waals surface area contributed by atoms with Crippen LogP contribution in [0.3, 0.4) is 0 Å². The largest absolute Gasteiger partial charge is 0.493 e. The number of anilines is 1. The zero-order chi connectivity index (χ0) is 37.4. The van der Waals surface area contributed by atoms with Crippen molar-refractivity contribution in [3.8, 4) is 29.6 Å². The molecule has 0 unspecified atom stereocenters. The Hall–Kier alpha value is -4.97. The number of rotatable bonds is 9. The molecule has 0 radical (unpaired) electrons. The van der Waals surface area contributed by atoms with E-state index in [0.717, 1.165) is 71.6 Å². The van der Waals surface area contributed by atoms with Gasteiger partial charge in [-0.3, -0.25) is 0 Å². The number of halogens is 1. The number of allylic oxidation sites excluding steroid dienone is 2. The second-order valence-electron chi connectivity index (χ2n) is 15.6. The highest BCUT2D eigenvalue weighted by Gasteiger charge is 2.43. The van der Waals surface area contributed by atoms with E-state index in [1.165, 1.54) is 16.8 Å². The Kier molecular flexibility index (Phi) is 10.1. The van der Waals surface area contributed by atoms with Crippen LogP contribution < -0.4 is 9.64 Å². The number of unbranched alkanes of at least 4 members (excludes halogenated alkanes) is 1. The molecule has 1 aromatic heterocycles. The van der Waals surface area contributed by atoms with Gasteiger partial charge < -0.3 is 18.9 Å². The van der Waals surface area contributed by atoms with Gasteiger partial charge in [-0.05, 0) is 110 Å². The van der Waals surface area contributed by atoms with Crippen LogP contribution in [0.15, 0.2) is 75.5 Å². The highest BCUT2D eigenvalue weighted by Crippen LogP contribution is 2.54. The summed E-state index contributed by atoms with van der Waals surface area (Å²) < 4.78 is 15.9. The highest BCUT2D eigenvalue weighted by atomic mass is 79.9. The zero-order valence-corrected chi connectivity index (χ0v) is 32.8. The number of hydrogen-bond donors (Lipinski definition) is 0. The number of nitriles is 3. The van der Waals surface area contributed by atoms with E-state index >= 15 is 0 Å². The quantitative estimate of drug-likeness (QED) is 0.159. The summed E-state index contributed by atoms with van der Waals surface area (Å²) in [5.74, 6) is 1.02. The maximum atomic E-state index is 10.1. The van der Waals surface area contributed by atoms with Gasteiger partial charge in [0.15, 0.2) is 11.3 Å². The van der Waals surface area contributed by atoms with Gasteiger partial charge in [-0.25, -0.2) is 0 Å². The van der Waals surface area contributed by atoms with Crippen molar-refractivity contribution in [3.63, 3.8) is 0 Å². The second-order valence-corrected chi connectivity index (χ2v) is 16.5. The lowest BCUT2D eigenvalue weighted by molar-refractivity contribution is 0.0954. The minimum atomic E-state index is -0.911. The lowest BCUT2D eigenvalue weighted by Crippen LogP contribution is -2.45. The molecular formula is C44H46BrN5O2. The molecule has 8 heteroatoms. The van der Waals surface area contributed by atoms with E-state index in [9.17, 15) is 15.8 Å². The van der Waals surface area contributed by atoms with Crippen LogP contribution in [0.2, 0.25) is 0 Å². The molecule has 0 bridgehead atoms. The van der Waals surface area contributed by atoms with Gasteiger partial charge in [-0.2, -0.15) is 15.8 Å². The molecule has 0 aliphatic carbocycles.